The normalized spacial score (nSPS) is 41.0. The number of hydrogen-bond donors (Lipinski definition) is 0. The highest BCUT2D eigenvalue weighted by atomic mass is 16.6. The van der Waals surface area contributed by atoms with E-state index in [0.29, 0.717) is 18.3 Å². The summed E-state index contributed by atoms with van der Waals surface area (Å²) in [7, 11) is 0. The van der Waals surface area contributed by atoms with Crippen LogP contribution in [0.1, 0.15) is 77.6 Å². The van der Waals surface area contributed by atoms with E-state index in [4.69, 9.17) is 15.9 Å². The van der Waals surface area contributed by atoms with Gasteiger partial charge in [0.05, 0.1) is 5.41 Å². The summed E-state index contributed by atoms with van der Waals surface area (Å²) in [5.41, 5.74) is -1.67. The molecule has 5 fully saturated rings. The van der Waals surface area contributed by atoms with E-state index in [1.807, 2.05) is 0 Å². The Balaban J connectivity index is 1.57. The molecule has 0 heterocycles. The molecule has 5 rings (SSSR count). The molecule has 4 heteroatoms. The highest BCUT2D eigenvalue weighted by Gasteiger charge is 2.63. The number of hydrogen-bond acceptors (Lipinski definition) is 4. The smallest absolute Gasteiger partial charge is 0.313 e. The molecule has 25 heavy (non-hydrogen) atoms. The van der Waals surface area contributed by atoms with Crippen molar-refractivity contribution in [2.75, 3.05) is 0 Å². The second-order valence-electron chi connectivity index (χ2n) is 9.11. The van der Waals surface area contributed by atoms with Crippen LogP contribution in [0.2, 0.25) is 0 Å². The number of terminal acetylenes is 1. The molecule has 5 aliphatic carbocycles. The summed E-state index contributed by atoms with van der Waals surface area (Å²) in [5.74, 6) is 3.35. The van der Waals surface area contributed by atoms with Crippen LogP contribution in [0, 0.1) is 29.6 Å². The van der Waals surface area contributed by atoms with Crippen molar-refractivity contribution in [2.24, 2.45) is 17.3 Å². The lowest BCUT2D eigenvalue weighted by Gasteiger charge is -2.60. The van der Waals surface area contributed by atoms with E-state index >= 15 is 0 Å². The zero-order valence-electron chi connectivity index (χ0n) is 15.1. The largest absolute Gasteiger partial charge is 0.459 e. The van der Waals surface area contributed by atoms with Gasteiger partial charge < -0.3 is 9.47 Å². The molecule has 0 aromatic rings. The van der Waals surface area contributed by atoms with Gasteiger partial charge in [-0.15, -0.1) is 6.42 Å². The molecule has 4 nitrogen and oxygen atoms in total. The quantitative estimate of drug-likeness (QED) is 0.578. The summed E-state index contributed by atoms with van der Waals surface area (Å²) in [4.78, 5) is 25.0. The van der Waals surface area contributed by atoms with Crippen LogP contribution in [0.4, 0.5) is 0 Å². The first kappa shape index (κ1) is 16.9. The number of ether oxygens (including phenoxy) is 2. The summed E-state index contributed by atoms with van der Waals surface area (Å²) in [6, 6.07) is 0. The Morgan fingerprint density at radius 2 is 1.64 bits per heavy atom. The van der Waals surface area contributed by atoms with Gasteiger partial charge in [0.15, 0.2) is 5.60 Å². The lowest BCUT2D eigenvalue weighted by Crippen LogP contribution is -2.60. The third kappa shape index (κ3) is 2.86. The highest BCUT2D eigenvalue weighted by Crippen LogP contribution is 2.63. The summed E-state index contributed by atoms with van der Waals surface area (Å²) >= 11 is 0. The average molecular weight is 344 g/mol. The topological polar surface area (TPSA) is 52.6 Å². The number of esters is 2. The number of carbonyl (C=O) groups is 2. The summed E-state index contributed by atoms with van der Waals surface area (Å²) in [6.07, 6.45) is 15.8. The first-order chi connectivity index (χ1) is 11.9. The Morgan fingerprint density at radius 3 is 2.20 bits per heavy atom. The van der Waals surface area contributed by atoms with Crippen LogP contribution in [0.5, 0.6) is 0 Å². The van der Waals surface area contributed by atoms with Gasteiger partial charge in [-0.1, -0.05) is 12.3 Å². The summed E-state index contributed by atoms with van der Waals surface area (Å²) in [6.45, 7) is 1.47. The standard InChI is InChI=1S/C21H28O4/c1-3-20(7-5-4-6-8-20)25-18(23)19-10-16-9-17(11-19)13-21(12-16,14-19)24-15(2)22/h1,16-17H,4-14H2,2H3. The third-order valence-electron chi connectivity index (χ3n) is 7.01. The molecule has 0 radical (unpaired) electrons. The fraction of sp³-hybridized carbons (Fsp3) is 0.810. The van der Waals surface area contributed by atoms with Gasteiger partial charge in [0.25, 0.3) is 0 Å². The van der Waals surface area contributed by atoms with E-state index in [0.717, 1.165) is 64.2 Å². The van der Waals surface area contributed by atoms with Crippen molar-refractivity contribution < 1.29 is 19.1 Å². The Kier molecular flexibility index (Phi) is 3.90. The van der Waals surface area contributed by atoms with Gasteiger partial charge in [-0.25, -0.2) is 0 Å². The first-order valence-corrected chi connectivity index (χ1v) is 9.79. The van der Waals surface area contributed by atoms with E-state index in [1.54, 1.807) is 0 Å². The molecule has 0 spiro atoms. The maximum absolute atomic E-state index is 13.3. The fourth-order valence-electron chi connectivity index (χ4n) is 6.53. The molecule has 0 amide bonds. The first-order valence-electron chi connectivity index (χ1n) is 9.79. The van der Waals surface area contributed by atoms with Gasteiger partial charge in [-0.2, -0.15) is 0 Å². The lowest BCUT2D eigenvalue weighted by atomic mass is 9.48. The van der Waals surface area contributed by atoms with Gasteiger partial charge in [-0.3, -0.25) is 9.59 Å². The Hall–Kier alpha value is -1.50. The molecule has 2 atom stereocenters. The predicted molar refractivity (Wildman–Crippen MR) is 92.4 cm³/mol. The van der Waals surface area contributed by atoms with E-state index in [9.17, 15) is 9.59 Å². The Bertz CT molecular complexity index is 608. The van der Waals surface area contributed by atoms with Crippen molar-refractivity contribution in [3.05, 3.63) is 0 Å². The van der Waals surface area contributed by atoms with Crippen molar-refractivity contribution in [3.63, 3.8) is 0 Å². The predicted octanol–water partition coefficient (Wildman–Crippen LogP) is 3.77. The molecule has 136 valence electrons. The molecule has 0 aromatic carbocycles. The molecule has 2 unspecified atom stereocenters. The van der Waals surface area contributed by atoms with Crippen molar-refractivity contribution in [3.8, 4) is 12.3 Å². The molecule has 5 saturated carbocycles. The van der Waals surface area contributed by atoms with Crippen LogP contribution < -0.4 is 0 Å². The monoisotopic (exact) mass is 344 g/mol. The van der Waals surface area contributed by atoms with Crippen molar-refractivity contribution in [1.82, 2.24) is 0 Å². The lowest BCUT2D eigenvalue weighted by molar-refractivity contribution is -0.217. The van der Waals surface area contributed by atoms with Crippen LogP contribution in [0.25, 0.3) is 0 Å². The zero-order chi connectivity index (χ0) is 17.7. The molecular weight excluding hydrogens is 316 g/mol. The van der Waals surface area contributed by atoms with E-state index in [1.165, 1.54) is 6.92 Å². The minimum Gasteiger partial charge on any atom is -0.459 e. The maximum Gasteiger partial charge on any atom is 0.313 e. The van der Waals surface area contributed by atoms with Crippen LogP contribution in [-0.4, -0.2) is 23.1 Å². The minimum atomic E-state index is -0.715. The van der Waals surface area contributed by atoms with Gasteiger partial charge in [0.1, 0.15) is 5.60 Å². The SMILES string of the molecule is C#CC1(OC(=O)C23CC4CC(CC(OC(C)=O)(C4)C2)C3)CCCCC1. The minimum absolute atomic E-state index is 0.127. The van der Waals surface area contributed by atoms with Gasteiger partial charge in [0, 0.05) is 13.3 Å². The van der Waals surface area contributed by atoms with Crippen LogP contribution >= 0.6 is 0 Å². The maximum atomic E-state index is 13.3. The van der Waals surface area contributed by atoms with Gasteiger partial charge in [0.2, 0.25) is 0 Å². The molecule has 0 N–H and O–H groups in total. The van der Waals surface area contributed by atoms with E-state index in [2.05, 4.69) is 5.92 Å². The molecule has 4 bridgehead atoms. The highest BCUT2D eigenvalue weighted by molar-refractivity contribution is 5.79. The zero-order valence-corrected chi connectivity index (χ0v) is 15.1. The van der Waals surface area contributed by atoms with Gasteiger partial charge >= 0.3 is 11.9 Å². The Labute approximate surface area is 150 Å². The van der Waals surface area contributed by atoms with Crippen molar-refractivity contribution >= 4 is 11.9 Å². The molecular formula is C21H28O4. The van der Waals surface area contributed by atoms with Crippen molar-refractivity contribution in [1.29, 1.82) is 0 Å². The van der Waals surface area contributed by atoms with Crippen LogP contribution in [-0.2, 0) is 19.1 Å². The molecule has 0 aliphatic heterocycles. The summed E-state index contributed by atoms with van der Waals surface area (Å²) < 4.78 is 11.8. The number of carbonyl (C=O) groups excluding carboxylic acids is 2. The molecule has 0 aromatic heterocycles. The molecule has 5 aliphatic rings. The number of rotatable bonds is 3. The van der Waals surface area contributed by atoms with Crippen LogP contribution in [0.15, 0.2) is 0 Å². The fourth-order valence-corrected chi connectivity index (χ4v) is 6.53. The van der Waals surface area contributed by atoms with Gasteiger partial charge in [-0.05, 0) is 69.6 Å². The van der Waals surface area contributed by atoms with Crippen molar-refractivity contribution in [2.45, 2.75) is 88.8 Å². The summed E-state index contributed by atoms with van der Waals surface area (Å²) in [5, 5.41) is 0. The third-order valence-corrected chi connectivity index (χ3v) is 7.01. The van der Waals surface area contributed by atoms with E-state index < -0.39 is 16.6 Å². The van der Waals surface area contributed by atoms with E-state index in [-0.39, 0.29) is 11.9 Å². The second-order valence-corrected chi connectivity index (χ2v) is 9.11. The second kappa shape index (κ2) is 5.76. The Morgan fingerprint density at radius 1 is 1.00 bits per heavy atom. The molecule has 0 saturated heterocycles. The van der Waals surface area contributed by atoms with Crippen LogP contribution in [0.3, 0.4) is 0 Å². The average Bonchev–Trinajstić information content (AvgIpc) is 2.53.